The third kappa shape index (κ3) is 2.99. The Kier molecular flexibility index (Phi) is 3.89. The Morgan fingerprint density at radius 1 is 1.45 bits per heavy atom. The number of aliphatic imine (C=N–C) groups is 1. The van der Waals surface area contributed by atoms with Gasteiger partial charge < -0.3 is 15.6 Å². The first-order valence-electron chi connectivity index (χ1n) is 6.87. The van der Waals surface area contributed by atoms with Crippen LogP contribution in [0.15, 0.2) is 46.1 Å². The van der Waals surface area contributed by atoms with Gasteiger partial charge in [-0.05, 0) is 31.0 Å². The Labute approximate surface area is 132 Å². The molecule has 1 unspecified atom stereocenters. The first kappa shape index (κ1) is 14.6. The molecule has 7 heteroatoms. The van der Waals surface area contributed by atoms with Crippen LogP contribution < -0.4 is 11.1 Å². The summed E-state index contributed by atoms with van der Waals surface area (Å²) in [6.45, 7) is 2.04. The van der Waals surface area contributed by atoms with Gasteiger partial charge in [-0.25, -0.2) is 0 Å². The minimum atomic E-state index is -0.389. The summed E-state index contributed by atoms with van der Waals surface area (Å²) in [6, 6.07) is 9.02. The fourth-order valence-electron chi connectivity index (χ4n) is 2.36. The van der Waals surface area contributed by atoms with Crippen molar-refractivity contribution in [1.82, 2.24) is 5.16 Å². The number of rotatable bonds is 3. The number of nitrogens with two attached hydrogens (primary N) is 1. The van der Waals surface area contributed by atoms with Crippen molar-refractivity contribution in [2.24, 2.45) is 10.7 Å². The van der Waals surface area contributed by atoms with Gasteiger partial charge in [0.15, 0.2) is 11.0 Å². The summed E-state index contributed by atoms with van der Waals surface area (Å²) in [5.74, 6) is 1.07. The van der Waals surface area contributed by atoms with Gasteiger partial charge in [0.25, 0.3) is 5.91 Å². The van der Waals surface area contributed by atoms with Crippen molar-refractivity contribution in [3.63, 3.8) is 0 Å². The highest BCUT2D eigenvalue weighted by Gasteiger charge is 2.29. The zero-order chi connectivity index (χ0) is 15.6. The number of thioether (sulfide) groups is 1. The largest absolute Gasteiger partial charge is 0.379 e. The van der Waals surface area contributed by atoms with Gasteiger partial charge in [0, 0.05) is 17.4 Å². The number of hydrogen-bond acceptors (Lipinski definition) is 6. The zero-order valence-electron chi connectivity index (χ0n) is 12.1. The smallest absolute Gasteiger partial charge is 0.256 e. The van der Waals surface area contributed by atoms with Crippen LogP contribution in [0, 0.1) is 0 Å². The van der Waals surface area contributed by atoms with Crippen LogP contribution in [0.4, 0.5) is 5.82 Å². The number of aromatic nitrogens is 1. The molecule has 0 bridgehead atoms. The third-order valence-corrected chi connectivity index (χ3v) is 4.42. The lowest BCUT2D eigenvalue weighted by molar-refractivity contribution is 0.102. The molecule has 3 rings (SSSR count). The molecule has 1 aliphatic rings. The second-order valence-corrected chi connectivity index (χ2v) is 6.36. The number of anilines is 1. The van der Waals surface area contributed by atoms with E-state index in [9.17, 15) is 4.79 Å². The maximum Gasteiger partial charge on any atom is 0.256 e. The van der Waals surface area contributed by atoms with Crippen LogP contribution in [-0.4, -0.2) is 22.0 Å². The van der Waals surface area contributed by atoms with E-state index in [0.29, 0.717) is 16.5 Å². The van der Waals surface area contributed by atoms with E-state index in [4.69, 9.17) is 10.3 Å². The molecule has 0 saturated heterocycles. The fourth-order valence-corrected chi connectivity index (χ4v) is 3.33. The molecule has 0 radical (unpaired) electrons. The van der Waals surface area contributed by atoms with Gasteiger partial charge in [0.1, 0.15) is 6.26 Å². The van der Waals surface area contributed by atoms with Crippen molar-refractivity contribution in [2.75, 3.05) is 11.1 Å². The van der Waals surface area contributed by atoms with Crippen molar-refractivity contribution in [3.8, 4) is 0 Å². The molecular formula is C15H16N4O2S. The normalized spacial score (nSPS) is 21.2. The lowest BCUT2D eigenvalue weighted by atomic mass is 9.89. The molecule has 0 saturated carbocycles. The predicted octanol–water partition coefficient (Wildman–Crippen LogP) is 2.59. The molecule has 0 spiro atoms. The Bertz CT molecular complexity index is 714. The molecular weight excluding hydrogens is 300 g/mol. The summed E-state index contributed by atoms with van der Waals surface area (Å²) >= 11 is 1.56. The van der Waals surface area contributed by atoms with Crippen molar-refractivity contribution >= 4 is 28.7 Å². The van der Waals surface area contributed by atoms with Crippen LogP contribution in [-0.2, 0) is 5.54 Å². The van der Waals surface area contributed by atoms with E-state index in [1.54, 1.807) is 23.9 Å². The highest BCUT2D eigenvalue weighted by Crippen LogP contribution is 2.35. The number of amidine groups is 1. The summed E-state index contributed by atoms with van der Waals surface area (Å²) in [6.07, 6.45) is 2.29. The topological polar surface area (TPSA) is 93.5 Å². The van der Waals surface area contributed by atoms with Crippen LogP contribution in [0.25, 0.3) is 0 Å². The van der Waals surface area contributed by atoms with E-state index in [0.717, 1.165) is 17.7 Å². The Morgan fingerprint density at radius 3 is 3.05 bits per heavy atom. The first-order chi connectivity index (χ1) is 10.6. The van der Waals surface area contributed by atoms with Crippen molar-refractivity contribution in [2.45, 2.75) is 18.9 Å². The molecule has 1 aromatic carbocycles. The van der Waals surface area contributed by atoms with E-state index in [-0.39, 0.29) is 11.4 Å². The number of amides is 1. The average molecular weight is 316 g/mol. The minimum Gasteiger partial charge on any atom is -0.379 e. The number of nitrogens with one attached hydrogen (secondary N) is 1. The monoisotopic (exact) mass is 316 g/mol. The number of hydrogen-bond donors (Lipinski definition) is 2. The van der Waals surface area contributed by atoms with E-state index in [1.165, 1.54) is 6.26 Å². The summed E-state index contributed by atoms with van der Waals surface area (Å²) in [5.41, 5.74) is 6.99. The highest BCUT2D eigenvalue weighted by atomic mass is 32.2. The summed E-state index contributed by atoms with van der Waals surface area (Å²) in [7, 11) is 0. The molecule has 0 fully saturated rings. The summed E-state index contributed by atoms with van der Waals surface area (Å²) in [5, 5.41) is 6.94. The van der Waals surface area contributed by atoms with Crippen LogP contribution in [0.5, 0.6) is 0 Å². The lowest BCUT2D eigenvalue weighted by Gasteiger charge is -2.30. The number of benzene rings is 1. The van der Waals surface area contributed by atoms with Gasteiger partial charge in [0.2, 0.25) is 0 Å². The zero-order valence-corrected chi connectivity index (χ0v) is 12.9. The number of carbonyl (C=O) groups excluding carboxylic acids is 1. The first-order valence-corrected chi connectivity index (χ1v) is 7.86. The SMILES string of the molecule is CC1(c2cccc(C(=O)Nc3ccon3)c2)CCSC(N)=N1. The molecule has 6 nitrogen and oxygen atoms in total. The van der Waals surface area contributed by atoms with Gasteiger partial charge in [-0.15, -0.1) is 0 Å². The summed E-state index contributed by atoms with van der Waals surface area (Å²) in [4.78, 5) is 16.8. The average Bonchev–Trinajstić information content (AvgIpc) is 3.00. The van der Waals surface area contributed by atoms with Crippen molar-refractivity contribution in [1.29, 1.82) is 0 Å². The van der Waals surface area contributed by atoms with Crippen LogP contribution in [0.2, 0.25) is 0 Å². The van der Waals surface area contributed by atoms with Gasteiger partial charge >= 0.3 is 0 Å². The standard InChI is InChI=1S/C15H16N4O2S/c1-15(6-8-22-14(16)18-15)11-4-2-3-10(9-11)13(20)17-12-5-7-21-19-12/h2-5,7,9H,6,8H2,1H3,(H2,16,18)(H,17,19,20). The molecule has 2 aromatic rings. The Morgan fingerprint density at radius 2 is 2.32 bits per heavy atom. The minimum absolute atomic E-state index is 0.235. The summed E-state index contributed by atoms with van der Waals surface area (Å²) < 4.78 is 4.70. The molecule has 1 aromatic heterocycles. The molecule has 114 valence electrons. The second kappa shape index (κ2) is 5.84. The fraction of sp³-hybridized carbons (Fsp3) is 0.267. The van der Waals surface area contributed by atoms with Crippen LogP contribution >= 0.6 is 11.8 Å². The van der Waals surface area contributed by atoms with E-state index in [1.807, 2.05) is 25.1 Å². The third-order valence-electron chi connectivity index (χ3n) is 3.62. The highest BCUT2D eigenvalue weighted by molar-refractivity contribution is 8.13. The number of nitrogens with zero attached hydrogens (tertiary/aromatic N) is 2. The molecule has 2 heterocycles. The predicted molar refractivity (Wildman–Crippen MR) is 86.9 cm³/mol. The van der Waals surface area contributed by atoms with E-state index < -0.39 is 0 Å². The van der Waals surface area contributed by atoms with Gasteiger partial charge in [-0.3, -0.25) is 9.79 Å². The van der Waals surface area contributed by atoms with Gasteiger partial charge in [-0.1, -0.05) is 29.1 Å². The molecule has 22 heavy (non-hydrogen) atoms. The molecule has 1 atom stereocenters. The Hall–Kier alpha value is -2.28. The maximum absolute atomic E-state index is 12.3. The Balaban J connectivity index is 1.86. The molecule has 1 aliphatic heterocycles. The van der Waals surface area contributed by atoms with E-state index in [2.05, 4.69) is 15.5 Å². The molecule has 0 aliphatic carbocycles. The van der Waals surface area contributed by atoms with Crippen molar-refractivity contribution < 1.29 is 9.32 Å². The number of carbonyl (C=O) groups is 1. The lowest BCUT2D eigenvalue weighted by Crippen LogP contribution is -2.29. The van der Waals surface area contributed by atoms with Crippen molar-refractivity contribution in [3.05, 3.63) is 47.7 Å². The van der Waals surface area contributed by atoms with Crippen LogP contribution in [0.3, 0.4) is 0 Å². The molecule has 3 N–H and O–H groups in total. The maximum atomic E-state index is 12.3. The molecule has 1 amide bonds. The van der Waals surface area contributed by atoms with Gasteiger partial charge in [-0.2, -0.15) is 0 Å². The van der Waals surface area contributed by atoms with Gasteiger partial charge in [0.05, 0.1) is 5.54 Å². The second-order valence-electron chi connectivity index (χ2n) is 5.24. The quantitative estimate of drug-likeness (QED) is 0.907. The van der Waals surface area contributed by atoms with E-state index >= 15 is 0 Å². The van der Waals surface area contributed by atoms with Crippen LogP contribution in [0.1, 0.15) is 29.3 Å².